The first-order valence-corrected chi connectivity index (χ1v) is 7.57. The zero-order chi connectivity index (χ0) is 14.9. The van der Waals surface area contributed by atoms with Crippen LogP contribution in [0.2, 0.25) is 0 Å². The fourth-order valence-electron chi connectivity index (χ4n) is 3.23. The number of aliphatic hydroxyl groups excluding tert-OH is 1. The van der Waals surface area contributed by atoms with Crippen LogP contribution in [0.4, 0.5) is 0 Å². The first kappa shape index (κ1) is 13.1. The Kier molecular flexibility index (Phi) is 3.17. The van der Waals surface area contributed by atoms with E-state index in [0.717, 1.165) is 11.0 Å². The van der Waals surface area contributed by atoms with E-state index in [-0.39, 0.29) is 6.61 Å². The summed E-state index contributed by atoms with van der Waals surface area (Å²) < 4.78 is 0. The van der Waals surface area contributed by atoms with E-state index >= 15 is 0 Å². The average Bonchev–Trinajstić information content (AvgIpc) is 2.94. The number of H-pyrrole nitrogens is 1. The van der Waals surface area contributed by atoms with Crippen molar-refractivity contribution in [3.8, 4) is 11.1 Å². The van der Waals surface area contributed by atoms with Crippen molar-refractivity contribution in [2.24, 2.45) is 0 Å². The first-order chi connectivity index (χ1) is 10.9. The molecule has 0 saturated heterocycles. The lowest BCUT2D eigenvalue weighted by Crippen LogP contribution is -1.95. The van der Waals surface area contributed by atoms with Crippen molar-refractivity contribution in [2.75, 3.05) is 6.61 Å². The number of benzene rings is 3. The number of aliphatic hydroxyl groups is 1. The van der Waals surface area contributed by atoms with Crippen molar-refractivity contribution in [2.45, 2.75) is 6.42 Å². The van der Waals surface area contributed by atoms with Crippen LogP contribution in [-0.4, -0.2) is 16.7 Å². The Labute approximate surface area is 129 Å². The van der Waals surface area contributed by atoms with Crippen LogP contribution in [0.3, 0.4) is 0 Å². The third-order valence-electron chi connectivity index (χ3n) is 4.21. The topological polar surface area (TPSA) is 36.0 Å². The number of aromatic nitrogens is 1. The van der Waals surface area contributed by atoms with Crippen LogP contribution in [0.25, 0.3) is 32.9 Å². The maximum Gasteiger partial charge on any atom is 0.0547 e. The van der Waals surface area contributed by atoms with Gasteiger partial charge in [-0.15, -0.1) is 0 Å². The number of fused-ring (bicyclic) bond motifs is 3. The van der Waals surface area contributed by atoms with Gasteiger partial charge in [-0.25, -0.2) is 0 Å². The Balaban J connectivity index is 2.11. The van der Waals surface area contributed by atoms with Gasteiger partial charge in [0.25, 0.3) is 0 Å². The number of hydrogen-bond acceptors (Lipinski definition) is 1. The Hall–Kier alpha value is -2.58. The molecule has 2 N–H and O–H groups in total. The highest BCUT2D eigenvalue weighted by atomic mass is 16.2. The summed E-state index contributed by atoms with van der Waals surface area (Å²) in [4.78, 5) is 3.56. The molecule has 0 spiro atoms. The van der Waals surface area contributed by atoms with E-state index < -0.39 is 0 Å². The Morgan fingerprint density at radius 3 is 2.36 bits per heavy atom. The van der Waals surface area contributed by atoms with Gasteiger partial charge in [0.15, 0.2) is 0 Å². The summed E-state index contributed by atoms with van der Waals surface area (Å²) in [5, 5.41) is 11.9. The predicted molar refractivity (Wildman–Crippen MR) is 92.0 cm³/mol. The molecule has 0 aliphatic heterocycles. The van der Waals surface area contributed by atoms with E-state index in [0.29, 0.717) is 6.42 Å². The predicted octanol–water partition coefficient (Wildman–Crippen LogP) is 4.52. The van der Waals surface area contributed by atoms with E-state index in [1.807, 2.05) is 6.07 Å². The molecule has 0 aliphatic carbocycles. The van der Waals surface area contributed by atoms with Crippen LogP contribution in [0, 0.1) is 0 Å². The lowest BCUT2D eigenvalue weighted by atomic mass is 9.95. The minimum absolute atomic E-state index is 0.158. The second-order valence-electron chi connectivity index (χ2n) is 5.53. The number of aromatic amines is 1. The first-order valence-electron chi connectivity index (χ1n) is 7.57. The maximum absolute atomic E-state index is 9.39. The lowest BCUT2D eigenvalue weighted by molar-refractivity contribution is 0.300. The van der Waals surface area contributed by atoms with Gasteiger partial charge in [-0.3, -0.25) is 0 Å². The highest BCUT2D eigenvalue weighted by Gasteiger charge is 2.13. The van der Waals surface area contributed by atoms with Gasteiger partial charge in [0.05, 0.1) is 5.52 Å². The van der Waals surface area contributed by atoms with Gasteiger partial charge in [0, 0.05) is 28.5 Å². The summed E-state index contributed by atoms with van der Waals surface area (Å²) in [6.45, 7) is 0.158. The van der Waals surface area contributed by atoms with E-state index in [4.69, 9.17) is 0 Å². The summed E-state index contributed by atoms with van der Waals surface area (Å²) in [5.74, 6) is 0. The summed E-state index contributed by atoms with van der Waals surface area (Å²) >= 11 is 0. The standard InChI is InChI=1S/C20H17NO/c22-13-12-15-10-11-17-16-8-4-5-9-18(16)21-20(17)19(15)14-6-2-1-3-7-14/h1-11,21-22H,12-13H2. The third-order valence-corrected chi connectivity index (χ3v) is 4.21. The molecule has 0 amide bonds. The smallest absolute Gasteiger partial charge is 0.0547 e. The van der Waals surface area contributed by atoms with Crippen LogP contribution in [0.1, 0.15) is 5.56 Å². The van der Waals surface area contributed by atoms with Crippen molar-refractivity contribution in [3.63, 3.8) is 0 Å². The zero-order valence-electron chi connectivity index (χ0n) is 12.2. The number of para-hydroxylation sites is 1. The van der Waals surface area contributed by atoms with Gasteiger partial charge < -0.3 is 10.1 Å². The van der Waals surface area contributed by atoms with Gasteiger partial charge in [-0.1, -0.05) is 60.7 Å². The van der Waals surface area contributed by atoms with Gasteiger partial charge in [0.1, 0.15) is 0 Å². The van der Waals surface area contributed by atoms with Crippen LogP contribution in [0.15, 0.2) is 66.7 Å². The van der Waals surface area contributed by atoms with Gasteiger partial charge in [-0.2, -0.15) is 0 Å². The Morgan fingerprint density at radius 1 is 0.773 bits per heavy atom. The minimum Gasteiger partial charge on any atom is -0.396 e. The molecule has 0 fully saturated rings. The fourth-order valence-corrected chi connectivity index (χ4v) is 3.23. The van der Waals surface area contributed by atoms with Crippen LogP contribution < -0.4 is 0 Å². The van der Waals surface area contributed by atoms with Gasteiger partial charge in [-0.05, 0) is 23.6 Å². The second-order valence-corrected chi connectivity index (χ2v) is 5.53. The molecular formula is C20H17NO. The molecule has 2 heteroatoms. The van der Waals surface area contributed by atoms with E-state index in [1.54, 1.807) is 0 Å². The van der Waals surface area contributed by atoms with Crippen molar-refractivity contribution in [1.29, 1.82) is 0 Å². The van der Waals surface area contributed by atoms with Crippen molar-refractivity contribution >= 4 is 21.8 Å². The fraction of sp³-hybridized carbons (Fsp3) is 0.100. The summed E-state index contributed by atoms with van der Waals surface area (Å²) in [7, 11) is 0. The van der Waals surface area contributed by atoms with E-state index in [1.165, 1.54) is 27.5 Å². The van der Waals surface area contributed by atoms with Gasteiger partial charge >= 0.3 is 0 Å². The Bertz CT molecular complexity index is 938. The maximum atomic E-state index is 9.39. The lowest BCUT2D eigenvalue weighted by Gasteiger charge is -2.10. The monoisotopic (exact) mass is 287 g/mol. The average molecular weight is 287 g/mol. The second kappa shape index (κ2) is 5.32. The van der Waals surface area contributed by atoms with Gasteiger partial charge in [0.2, 0.25) is 0 Å². The molecule has 22 heavy (non-hydrogen) atoms. The van der Waals surface area contributed by atoms with Crippen LogP contribution in [-0.2, 0) is 6.42 Å². The van der Waals surface area contributed by atoms with E-state index in [9.17, 15) is 5.11 Å². The molecule has 2 nitrogen and oxygen atoms in total. The van der Waals surface area contributed by atoms with Crippen molar-refractivity contribution in [3.05, 3.63) is 72.3 Å². The quantitative estimate of drug-likeness (QED) is 0.571. The highest BCUT2D eigenvalue weighted by molar-refractivity contribution is 6.12. The summed E-state index contributed by atoms with van der Waals surface area (Å²) in [6.07, 6.45) is 0.662. The molecule has 4 aromatic rings. The molecule has 1 aromatic heterocycles. The minimum atomic E-state index is 0.158. The molecule has 0 bridgehead atoms. The highest BCUT2D eigenvalue weighted by Crippen LogP contribution is 2.35. The SMILES string of the molecule is OCCc1ccc2c([nH]c3ccccc32)c1-c1ccccc1. The summed E-state index contributed by atoms with van der Waals surface area (Å²) in [6, 6.07) is 23.1. The normalized spacial score (nSPS) is 11.3. The van der Waals surface area contributed by atoms with Crippen LogP contribution in [0.5, 0.6) is 0 Å². The molecule has 0 atom stereocenters. The van der Waals surface area contributed by atoms with Crippen molar-refractivity contribution < 1.29 is 5.11 Å². The van der Waals surface area contributed by atoms with Crippen LogP contribution >= 0.6 is 0 Å². The number of rotatable bonds is 3. The molecular weight excluding hydrogens is 270 g/mol. The molecule has 3 aromatic carbocycles. The molecule has 0 unspecified atom stereocenters. The number of hydrogen-bond donors (Lipinski definition) is 2. The Morgan fingerprint density at radius 2 is 1.55 bits per heavy atom. The molecule has 0 saturated carbocycles. The molecule has 0 radical (unpaired) electrons. The summed E-state index contributed by atoms with van der Waals surface area (Å²) in [5.41, 5.74) is 5.85. The molecule has 108 valence electrons. The zero-order valence-corrected chi connectivity index (χ0v) is 12.2. The molecule has 1 heterocycles. The largest absolute Gasteiger partial charge is 0.396 e. The molecule has 0 aliphatic rings. The van der Waals surface area contributed by atoms with E-state index in [2.05, 4.69) is 65.6 Å². The third kappa shape index (κ3) is 2.00. The van der Waals surface area contributed by atoms with Crippen molar-refractivity contribution in [1.82, 2.24) is 4.98 Å². The number of nitrogens with one attached hydrogen (secondary N) is 1. The molecule has 4 rings (SSSR count).